The van der Waals surface area contributed by atoms with Crippen LogP contribution < -0.4 is 4.90 Å². The van der Waals surface area contributed by atoms with Crippen molar-refractivity contribution >= 4 is 39.0 Å². The number of nitrogens with zero attached hydrogens (tertiary/aromatic N) is 1. The molecule has 11 aromatic rings. The largest absolute Gasteiger partial charge is 0.456 e. The Hall–Kier alpha value is -8.20. The summed E-state index contributed by atoms with van der Waals surface area (Å²) in [6, 6.07) is 86.9. The lowest BCUT2D eigenvalue weighted by Crippen LogP contribution is -2.28. The van der Waals surface area contributed by atoms with Crippen molar-refractivity contribution in [3.05, 3.63) is 270 Å². The molecule has 2 aliphatic rings. The molecule has 0 atom stereocenters. The maximum Gasteiger partial charge on any atom is 0.136 e. The van der Waals surface area contributed by atoms with Crippen molar-refractivity contribution in [3.8, 4) is 44.5 Å². The average molecular weight is 844 g/mol. The molecule has 0 N–H and O–H groups in total. The van der Waals surface area contributed by atoms with Gasteiger partial charge in [0.05, 0.1) is 11.1 Å². The van der Waals surface area contributed by atoms with Gasteiger partial charge in [0.2, 0.25) is 0 Å². The van der Waals surface area contributed by atoms with E-state index >= 15 is 0 Å². The first-order valence-electron chi connectivity index (χ1n) is 23.0. The topological polar surface area (TPSA) is 16.4 Å². The summed E-state index contributed by atoms with van der Waals surface area (Å²) in [6.07, 6.45) is 0. The van der Waals surface area contributed by atoms with Crippen LogP contribution in [0.3, 0.4) is 0 Å². The molecule has 66 heavy (non-hydrogen) atoms. The number of anilines is 3. The van der Waals surface area contributed by atoms with E-state index in [0.29, 0.717) is 0 Å². The molecule has 0 saturated heterocycles. The minimum Gasteiger partial charge on any atom is -0.456 e. The third-order valence-corrected chi connectivity index (χ3v) is 14.5. The quantitative estimate of drug-likeness (QED) is 0.159. The van der Waals surface area contributed by atoms with Crippen LogP contribution in [0.15, 0.2) is 241 Å². The summed E-state index contributed by atoms with van der Waals surface area (Å²) in [6.45, 7) is 4.75. The van der Waals surface area contributed by atoms with Gasteiger partial charge in [0.25, 0.3) is 0 Å². The average Bonchev–Trinajstić information content (AvgIpc) is 3.99. The molecule has 0 aliphatic heterocycles. The number of hydrogen-bond acceptors (Lipinski definition) is 2. The minimum atomic E-state index is -0.425. The van der Waals surface area contributed by atoms with Crippen LogP contribution in [0.4, 0.5) is 17.1 Å². The van der Waals surface area contributed by atoms with Crippen LogP contribution in [-0.4, -0.2) is 0 Å². The van der Waals surface area contributed by atoms with Crippen molar-refractivity contribution in [2.24, 2.45) is 0 Å². The predicted octanol–water partition coefficient (Wildman–Crippen LogP) is 17.1. The number of furan rings is 1. The predicted molar refractivity (Wildman–Crippen MR) is 274 cm³/mol. The van der Waals surface area contributed by atoms with Crippen LogP contribution in [-0.2, 0) is 10.8 Å². The van der Waals surface area contributed by atoms with Crippen LogP contribution in [0.2, 0.25) is 0 Å². The molecule has 1 heterocycles. The molecule has 0 amide bonds. The Morgan fingerprint density at radius 1 is 0.364 bits per heavy atom. The zero-order valence-electron chi connectivity index (χ0n) is 36.9. The molecule has 2 aliphatic carbocycles. The molecule has 0 saturated carbocycles. The Morgan fingerprint density at radius 2 is 0.939 bits per heavy atom. The number of hydrogen-bond donors (Lipinski definition) is 0. The summed E-state index contributed by atoms with van der Waals surface area (Å²) >= 11 is 0. The van der Waals surface area contributed by atoms with E-state index in [1.807, 2.05) is 6.07 Å². The fourth-order valence-electron chi connectivity index (χ4n) is 11.7. The number of rotatable bonds is 7. The SMILES string of the molecule is CC1(C)c2ccccc2-c2cccc(N(c3ccc(-c4ccc5c(c4)-c4ccccc4C5(c4ccccc4)c4ccccc4)cc3)c3cccc(-c4cccc5oc6ccccc6c45)c3)c21. The van der Waals surface area contributed by atoms with Gasteiger partial charge in [-0.05, 0) is 126 Å². The molecular formula is C64H45NO. The van der Waals surface area contributed by atoms with E-state index in [2.05, 4.69) is 249 Å². The third kappa shape index (κ3) is 5.55. The number of fused-ring (bicyclic) bond motifs is 9. The fraction of sp³-hybridized carbons (Fsp3) is 0.0625. The van der Waals surface area contributed by atoms with Crippen LogP contribution in [0.25, 0.3) is 66.4 Å². The summed E-state index contributed by atoms with van der Waals surface area (Å²) in [7, 11) is 0. The van der Waals surface area contributed by atoms with Gasteiger partial charge in [-0.15, -0.1) is 0 Å². The highest BCUT2D eigenvalue weighted by molar-refractivity contribution is 6.12. The summed E-state index contributed by atoms with van der Waals surface area (Å²) in [5.41, 5.74) is 22.2. The van der Waals surface area contributed by atoms with Gasteiger partial charge < -0.3 is 9.32 Å². The smallest absolute Gasteiger partial charge is 0.136 e. The first kappa shape index (κ1) is 38.3. The van der Waals surface area contributed by atoms with Gasteiger partial charge in [-0.2, -0.15) is 0 Å². The molecule has 0 unspecified atom stereocenters. The molecule has 10 aromatic carbocycles. The Labute approximate surface area is 385 Å². The highest BCUT2D eigenvalue weighted by atomic mass is 16.3. The minimum absolute atomic E-state index is 0.213. The second-order valence-electron chi connectivity index (χ2n) is 18.4. The number of benzene rings is 10. The maximum atomic E-state index is 6.36. The molecule has 312 valence electrons. The van der Waals surface area contributed by atoms with Crippen molar-refractivity contribution in [2.45, 2.75) is 24.7 Å². The lowest BCUT2D eigenvalue weighted by Gasteiger charge is -2.33. The molecule has 0 fully saturated rings. The van der Waals surface area contributed by atoms with Crippen LogP contribution in [0.1, 0.15) is 47.2 Å². The van der Waals surface area contributed by atoms with E-state index in [1.165, 1.54) is 72.4 Å². The van der Waals surface area contributed by atoms with Gasteiger partial charge in [0, 0.05) is 27.6 Å². The molecule has 2 heteroatoms. The van der Waals surface area contributed by atoms with Gasteiger partial charge >= 0.3 is 0 Å². The Kier molecular flexibility index (Phi) is 8.51. The van der Waals surface area contributed by atoms with E-state index < -0.39 is 5.41 Å². The maximum absolute atomic E-state index is 6.36. The Bertz CT molecular complexity index is 3630. The Balaban J connectivity index is 0.966. The summed E-state index contributed by atoms with van der Waals surface area (Å²) in [5, 5.41) is 2.27. The lowest BCUT2D eigenvalue weighted by molar-refractivity contribution is 0.661. The monoisotopic (exact) mass is 843 g/mol. The number of para-hydroxylation sites is 1. The highest BCUT2D eigenvalue weighted by Crippen LogP contribution is 2.57. The zero-order valence-corrected chi connectivity index (χ0v) is 36.9. The van der Waals surface area contributed by atoms with Crippen molar-refractivity contribution in [2.75, 3.05) is 4.90 Å². The van der Waals surface area contributed by atoms with Gasteiger partial charge in [0.15, 0.2) is 0 Å². The molecular weight excluding hydrogens is 799 g/mol. The van der Waals surface area contributed by atoms with Gasteiger partial charge in [-0.25, -0.2) is 0 Å². The molecule has 2 nitrogen and oxygen atoms in total. The van der Waals surface area contributed by atoms with E-state index in [0.717, 1.165) is 44.4 Å². The van der Waals surface area contributed by atoms with Crippen molar-refractivity contribution < 1.29 is 4.42 Å². The van der Waals surface area contributed by atoms with Crippen molar-refractivity contribution in [1.29, 1.82) is 0 Å². The molecule has 0 radical (unpaired) electrons. The molecule has 0 spiro atoms. The first-order valence-corrected chi connectivity index (χ1v) is 23.0. The highest BCUT2D eigenvalue weighted by Gasteiger charge is 2.46. The Morgan fingerprint density at radius 3 is 1.71 bits per heavy atom. The van der Waals surface area contributed by atoms with E-state index in [9.17, 15) is 0 Å². The lowest BCUT2D eigenvalue weighted by atomic mass is 9.67. The zero-order chi connectivity index (χ0) is 44.0. The second kappa shape index (κ2) is 14.7. The van der Waals surface area contributed by atoms with Gasteiger partial charge in [0.1, 0.15) is 11.2 Å². The van der Waals surface area contributed by atoms with Crippen LogP contribution in [0.5, 0.6) is 0 Å². The first-order chi connectivity index (χ1) is 32.5. The second-order valence-corrected chi connectivity index (χ2v) is 18.4. The normalized spacial score (nSPS) is 13.8. The van der Waals surface area contributed by atoms with Gasteiger partial charge in [-0.3, -0.25) is 0 Å². The summed E-state index contributed by atoms with van der Waals surface area (Å²) < 4.78 is 6.36. The van der Waals surface area contributed by atoms with E-state index in [1.54, 1.807) is 0 Å². The summed E-state index contributed by atoms with van der Waals surface area (Å²) in [4.78, 5) is 2.47. The van der Waals surface area contributed by atoms with E-state index in [-0.39, 0.29) is 5.41 Å². The molecule has 0 bridgehead atoms. The standard InChI is InChI=1S/C64H45NO/c1-63(2)55-29-12-9-24-50(55)52-28-16-31-58(62(52)63)65(48-23-15-18-44(40-48)49-27-17-33-60-61(49)53-26-11-14-32-59(53)66-60)47-37-34-42(35-38-47)43-36-39-57-54(41-43)51-25-10-13-30-56(51)64(57,45-19-5-3-6-20-45)46-21-7-4-8-22-46/h3-41H,1-2H3. The van der Waals surface area contributed by atoms with E-state index in [4.69, 9.17) is 4.42 Å². The summed E-state index contributed by atoms with van der Waals surface area (Å²) in [5.74, 6) is 0. The van der Waals surface area contributed by atoms with Crippen LogP contribution in [0, 0.1) is 0 Å². The van der Waals surface area contributed by atoms with Crippen molar-refractivity contribution in [3.63, 3.8) is 0 Å². The fourth-order valence-corrected chi connectivity index (χ4v) is 11.7. The third-order valence-electron chi connectivity index (χ3n) is 14.5. The van der Waals surface area contributed by atoms with Crippen LogP contribution >= 0.6 is 0 Å². The van der Waals surface area contributed by atoms with Crippen molar-refractivity contribution in [1.82, 2.24) is 0 Å². The molecule has 1 aromatic heterocycles. The van der Waals surface area contributed by atoms with Gasteiger partial charge in [-0.1, -0.05) is 202 Å². The molecule has 13 rings (SSSR count).